The Labute approximate surface area is 228 Å². The second-order valence-electron chi connectivity index (χ2n) is 10.2. The van der Waals surface area contributed by atoms with Crippen LogP contribution in [0.15, 0.2) is 46.6 Å². The van der Waals surface area contributed by atoms with E-state index in [1.54, 1.807) is 31.2 Å². The highest BCUT2D eigenvalue weighted by molar-refractivity contribution is 5.95. The van der Waals surface area contributed by atoms with Crippen molar-refractivity contribution in [3.05, 3.63) is 53.8 Å². The van der Waals surface area contributed by atoms with E-state index in [1.807, 2.05) is 13.8 Å². The maximum atomic E-state index is 13.2. The summed E-state index contributed by atoms with van der Waals surface area (Å²) in [4.78, 5) is 56.8. The molecule has 3 rings (SSSR count). The zero-order valence-electron chi connectivity index (χ0n) is 22.7. The number of rotatable bonds is 2. The van der Waals surface area contributed by atoms with E-state index >= 15 is 0 Å². The number of nitrogens with two attached hydrogens (primary N) is 1. The Morgan fingerprint density at radius 2 is 2.03 bits per heavy atom. The number of aliphatic hydroxyl groups is 1. The molecule has 11 nitrogen and oxygen atoms in total. The second-order valence-corrected chi connectivity index (χ2v) is 10.2. The van der Waals surface area contributed by atoms with Crippen LogP contribution in [0.1, 0.15) is 56.4 Å². The van der Waals surface area contributed by atoms with Crippen LogP contribution in [0.3, 0.4) is 0 Å². The minimum atomic E-state index is -1.01. The average molecular weight is 543 g/mol. The number of amides is 2. The number of ketones is 1. The number of allylic oxidation sites excluding steroid dienone is 2. The minimum absolute atomic E-state index is 0.00786. The van der Waals surface area contributed by atoms with E-state index < -0.39 is 30.1 Å². The molecule has 0 saturated carbocycles. The maximum Gasteiger partial charge on any atom is 0.329 e. The topological polar surface area (TPSA) is 165 Å². The lowest BCUT2D eigenvalue weighted by Gasteiger charge is -2.30. The Bertz CT molecular complexity index is 1140. The van der Waals surface area contributed by atoms with E-state index in [1.165, 1.54) is 17.2 Å². The van der Waals surface area contributed by atoms with Gasteiger partial charge in [-0.15, -0.1) is 0 Å². The average Bonchev–Trinajstić information content (AvgIpc) is 3.57. The zero-order valence-corrected chi connectivity index (χ0v) is 22.7. The summed E-state index contributed by atoms with van der Waals surface area (Å²) in [7, 11) is 0. The van der Waals surface area contributed by atoms with Gasteiger partial charge in [0.05, 0.1) is 12.5 Å². The Morgan fingerprint density at radius 3 is 2.77 bits per heavy atom. The first-order valence-corrected chi connectivity index (χ1v) is 13.3. The van der Waals surface area contributed by atoms with Gasteiger partial charge < -0.3 is 30.2 Å². The number of nitrogens with zero attached hydrogens (tertiary/aromatic N) is 2. The lowest BCUT2D eigenvalue weighted by atomic mass is 9.92. The Balaban J connectivity index is 1.87. The van der Waals surface area contributed by atoms with Gasteiger partial charge in [-0.2, -0.15) is 0 Å². The highest BCUT2D eigenvalue weighted by atomic mass is 16.5. The number of esters is 1. The number of hydrogen-bond donors (Lipinski definition) is 3. The van der Waals surface area contributed by atoms with Gasteiger partial charge in [-0.25, -0.2) is 9.78 Å². The summed E-state index contributed by atoms with van der Waals surface area (Å²) >= 11 is 0. The number of ether oxygens (including phenoxy) is 1. The van der Waals surface area contributed by atoms with Gasteiger partial charge in [-0.1, -0.05) is 43.7 Å². The van der Waals surface area contributed by atoms with E-state index in [2.05, 4.69) is 10.3 Å². The Hall–Kier alpha value is -3.57. The number of aromatic nitrogens is 1. The molecule has 2 aliphatic rings. The van der Waals surface area contributed by atoms with Crippen molar-refractivity contribution in [1.82, 2.24) is 15.2 Å². The molecule has 3 heterocycles. The predicted molar refractivity (Wildman–Crippen MR) is 142 cm³/mol. The van der Waals surface area contributed by atoms with Crippen LogP contribution in [0.5, 0.6) is 0 Å². The van der Waals surface area contributed by atoms with Crippen molar-refractivity contribution in [2.24, 2.45) is 17.6 Å². The third-order valence-corrected chi connectivity index (χ3v) is 6.83. The highest BCUT2D eigenvalue weighted by Crippen LogP contribution is 2.25. The summed E-state index contributed by atoms with van der Waals surface area (Å²) in [5.41, 5.74) is 6.60. The van der Waals surface area contributed by atoms with E-state index in [-0.39, 0.29) is 61.0 Å². The number of cyclic esters (lactones) is 1. The van der Waals surface area contributed by atoms with Gasteiger partial charge in [0.2, 0.25) is 11.8 Å². The lowest BCUT2D eigenvalue weighted by molar-refractivity contribution is -0.158. The molecule has 2 aliphatic heterocycles. The molecule has 0 spiro atoms. The molecule has 1 fully saturated rings. The monoisotopic (exact) mass is 542 g/mol. The molecular weight excluding hydrogens is 504 g/mol. The van der Waals surface area contributed by atoms with Crippen molar-refractivity contribution in [3.8, 4) is 0 Å². The number of Topliss-reactive ketones (excluding diaryl/α,β-unsaturated/α-hetero) is 1. The quantitative estimate of drug-likeness (QED) is 0.469. The summed E-state index contributed by atoms with van der Waals surface area (Å²) in [6.45, 7) is 6.34. The summed E-state index contributed by atoms with van der Waals surface area (Å²) in [6.07, 6.45) is 8.32. The number of fused-ring (bicyclic) bond motifs is 3. The largest absolute Gasteiger partial charge is 0.460 e. The molecule has 0 radical (unpaired) electrons. The second kappa shape index (κ2) is 14.0. The van der Waals surface area contributed by atoms with Crippen LogP contribution in [0.2, 0.25) is 0 Å². The first-order valence-electron chi connectivity index (χ1n) is 13.3. The van der Waals surface area contributed by atoms with Crippen LogP contribution in [-0.2, 0) is 25.5 Å². The van der Waals surface area contributed by atoms with E-state index in [9.17, 15) is 24.3 Å². The summed E-state index contributed by atoms with van der Waals surface area (Å²) < 4.78 is 11.2. The van der Waals surface area contributed by atoms with Crippen LogP contribution in [0.25, 0.3) is 0 Å². The van der Waals surface area contributed by atoms with Crippen molar-refractivity contribution in [2.75, 3.05) is 19.6 Å². The van der Waals surface area contributed by atoms with Crippen molar-refractivity contribution in [3.63, 3.8) is 0 Å². The van der Waals surface area contributed by atoms with Gasteiger partial charge in [0.25, 0.3) is 5.91 Å². The number of carbonyl (C=O) groups is 4. The molecule has 0 aromatic carbocycles. The number of aliphatic hydroxyl groups excluding tert-OH is 1. The van der Waals surface area contributed by atoms with Gasteiger partial charge in [0, 0.05) is 31.3 Å². The van der Waals surface area contributed by atoms with Crippen molar-refractivity contribution in [1.29, 1.82) is 0 Å². The van der Waals surface area contributed by atoms with Crippen LogP contribution in [0.4, 0.5) is 0 Å². The highest BCUT2D eigenvalue weighted by Gasteiger charge is 2.39. The molecule has 1 aromatic heterocycles. The third kappa shape index (κ3) is 8.46. The van der Waals surface area contributed by atoms with Gasteiger partial charge in [0.1, 0.15) is 24.2 Å². The predicted octanol–water partition coefficient (Wildman–Crippen LogP) is 1.47. The maximum absolute atomic E-state index is 13.2. The third-order valence-electron chi connectivity index (χ3n) is 6.83. The van der Waals surface area contributed by atoms with Crippen LogP contribution >= 0.6 is 0 Å². The van der Waals surface area contributed by atoms with E-state index in [0.29, 0.717) is 19.4 Å². The van der Waals surface area contributed by atoms with Crippen molar-refractivity contribution in [2.45, 2.75) is 64.7 Å². The number of carbonyl (C=O) groups excluding carboxylic acids is 4. The molecule has 0 aliphatic carbocycles. The summed E-state index contributed by atoms with van der Waals surface area (Å²) in [6, 6.07) is -0.801. The van der Waals surface area contributed by atoms with Crippen molar-refractivity contribution < 1.29 is 33.4 Å². The molecular formula is C28H38N4O7. The SMILES string of the molecule is CC1=C[C@@H](O)CC(=O)Cc2nc(co2)C(=O)N2CCC[C@@H]2C(=O)O[C@H](C(C)CN)[C@H](C)/C=C/C(=O)NCC=C1. The van der Waals surface area contributed by atoms with Gasteiger partial charge in [-0.3, -0.25) is 14.4 Å². The standard InChI is InChI=1S/C28H38N4O7/c1-17-6-4-10-30-24(35)9-8-18(2)26(19(3)15-29)39-28(37)23-7-5-11-32(23)27(36)22-16-38-25(31-22)14-21(34)13-20(33)12-17/h4,6,8-9,12,16,18-20,23,26,33H,5,7,10-11,13-15,29H2,1-3H3,(H,30,35)/b6-4?,9-8+,17-12?/t18-,19?,20-,23-,26+/m1/s1. The lowest BCUT2D eigenvalue weighted by Crippen LogP contribution is -2.45. The fraction of sp³-hybridized carbons (Fsp3) is 0.536. The fourth-order valence-corrected chi connectivity index (χ4v) is 4.68. The molecule has 1 aromatic rings. The fourth-order valence-electron chi connectivity index (χ4n) is 4.68. The molecule has 2 amide bonds. The summed E-state index contributed by atoms with van der Waals surface area (Å²) in [5.74, 6) is -2.12. The Morgan fingerprint density at radius 1 is 1.26 bits per heavy atom. The summed E-state index contributed by atoms with van der Waals surface area (Å²) in [5, 5.41) is 13.0. The van der Waals surface area contributed by atoms with Crippen molar-refractivity contribution >= 4 is 23.6 Å². The zero-order chi connectivity index (χ0) is 28.5. The first kappa shape index (κ1) is 30.0. The molecule has 1 unspecified atom stereocenters. The number of oxazole rings is 1. The molecule has 2 bridgehead atoms. The molecule has 11 heteroatoms. The molecule has 5 atom stereocenters. The van der Waals surface area contributed by atoms with Gasteiger partial charge in [0.15, 0.2) is 5.69 Å². The molecule has 39 heavy (non-hydrogen) atoms. The van der Waals surface area contributed by atoms with Crippen LogP contribution in [-0.4, -0.2) is 76.4 Å². The molecule has 1 saturated heterocycles. The van der Waals surface area contributed by atoms with E-state index in [4.69, 9.17) is 14.9 Å². The smallest absolute Gasteiger partial charge is 0.329 e. The first-order chi connectivity index (χ1) is 18.6. The Kier molecular flexibility index (Phi) is 10.8. The number of hydrogen-bond acceptors (Lipinski definition) is 9. The number of nitrogens with one attached hydrogen (secondary N) is 1. The van der Waals surface area contributed by atoms with Gasteiger partial charge >= 0.3 is 5.97 Å². The molecule has 212 valence electrons. The van der Waals surface area contributed by atoms with Crippen LogP contribution < -0.4 is 11.1 Å². The minimum Gasteiger partial charge on any atom is -0.460 e. The van der Waals surface area contributed by atoms with E-state index in [0.717, 1.165) is 5.57 Å². The van der Waals surface area contributed by atoms with Gasteiger partial charge in [-0.05, 0) is 32.4 Å². The molecule has 4 N–H and O–H groups in total. The van der Waals surface area contributed by atoms with Crippen LogP contribution in [0, 0.1) is 11.8 Å². The normalized spacial score (nSPS) is 27.8.